The molecule has 5 rings (SSSR count). The van der Waals surface area contributed by atoms with Gasteiger partial charge in [0.2, 0.25) is 0 Å². The lowest BCUT2D eigenvalue weighted by atomic mass is 9.46. The number of Topliss-reactive ketones (excluding diaryl/α,β-unsaturated/α-hetero) is 1. The summed E-state index contributed by atoms with van der Waals surface area (Å²) in [5.41, 5.74) is 1.24. The van der Waals surface area contributed by atoms with E-state index in [9.17, 15) is 4.79 Å². The molecule has 0 aromatic rings. The first-order valence-corrected chi connectivity index (χ1v) is 16.0. The summed E-state index contributed by atoms with van der Waals surface area (Å²) < 4.78 is 19.0. The van der Waals surface area contributed by atoms with Gasteiger partial charge in [-0.15, -0.1) is 0 Å². The highest BCUT2D eigenvalue weighted by Gasteiger charge is 2.67. The summed E-state index contributed by atoms with van der Waals surface area (Å²) in [6.45, 7) is 14.9. The smallest absolute Gasteiger partial charge is 0.185 e. The van der Waals surface area contributed by atoms with Crippen LogP contribution in [0.5, 0.6) is 0 Å². The van der Waals surface area contributed by atoms with Crippen LogP contribution in [0.25, 0.3) is 0 Å². The van der Waals surface area contributed by atoms with E-state index in [4.69, 9.17) is 13.9 Å². The Labute approximate surface area is 189 Å². The molecule has 3 saturated carbocycles. The van der Waals surface area contributed by atoms with E-state index in [-0.39, 0.29) is 22.4 Å². The topological polar surface area (TPSA) is 44.8 Å². The predicted molar refractivity (Wildman–Crippen MR) is 124 cm³/mol. The second-order valence-electron chi connectivity index (χ2n) is 12.6. The Balaban J connectivity index is 1.46. The van der Waals surface area contributed by atoms with E-state index in [1.807, 2.05) is 0 Å². The molecule has 0 unspecified atom stereocenters. The normalized spacial score (nSPS) is 46.3. The molecule has 0 bridgehead atoms. The summed E-state index contributed by atoms with van der Waals surface area (Å²) in [7, 11) is -1.85. The van der Waals surface area contributed by atoms with E-state index in [1.165, 1.54) is 6.42 Å². The zero-order valence-corrected chi connectivity index (χ0v) is 21.5. The van der Waals surface area contributed by atoms with Crippen LogP contribution in [0.2, 0.25) is 19.6 Å². The minimum atomic E-state index is -1.85. The third-order valence-electron chi connectivity index (χ3n) is 10.1. The molecule has 0 N–H and O–H groups in total. The number of fused-ring (bicyclic) bond motifs is 5. The molecular formula is C26H42O4Si. The second-order valence-corrected chi connectivity index (χ2v) is 17.1. The van der Waals surface area contributed by atoms with Crippen LogP contribution in [-0.4, -0.2) is 38.7 Å². The van der Waals surface area contributed by atoms with Crippen molar-refractivity contribution in [2.24, 2.45) is 28.6 Å². The van der Waals surface area contributed by atoms with Crippen molar-refractivity contribution in [1.82, 2.24) is 0 Å². The molecule has 6 atom stereocenters. The molecule has 4 fully saturated rings. The van der Waals surface area contributed by atoms with Crippen molar-refractivity contribution in [3.8, 4) is 0 Å². The number of ketones is 1. The van der Waals surface area contributed by atoms with Crippen LogP contribution in [0.4, 0.5) is 0 Å². The van der Waals surface area contributed by atoms with Gasteiger partial charge >= 0.3 is 0 Å². The number of ether oxygens (including phenoxy) is 2. The maximum Gasteiger partial charge on any atom is 0.185 e. The highest BCUT2D eigenvalue weighted by Crippen LogP contribution is 2.69. The summed E-state index contributed by atoms with van der Waals surface area (Å²) in [5, 5.41) is 0. The number of rotatable bonds is 3. The van der Waals surface area contributed by atoms with Gasteiger partial charge in [-0.2, -0.15) is 0 Å². The number of carbonyl (C=O) groups excluding carboxylic acids is 1. The van der Waals surface area contributed by atoms with E-state index >= 15 is 0 Å². The summed E-state index contributed by atoms with van der Waals surface area (Å²) in [6.07, 6.45) is 11.2. The van der Waals surface area contributed by atoms with E-state index in [0.29, 0.717) is 17.8 Å². The number of allylic oxidation sites excluding steroid dienone is 1. The summed E-state index contributed by atoms with van der Waals surface area (Å²) >= 11 is 0. The second kappa shape index (κ2) is 7.01. The van der Waals surface area contributed by atoms with Gasteiger partial charge in [0.15, 0.2) is 19.9 Å². The standard InChI is InChI=1S/C26H42O4Si/c1-18(27)26(30-31(4,5)6)12-10-22-20-8-7-19-17-25(28-15-16-29-25)14-13-23(19,2)21(20)9-11-24(22,26)3/h7,20-22H,8-17H2,1-6H3/t20-,21-,22+,23-,24-,26-/m0/s1. The first-order valence-electron chi connectivity index (χ1n) is 12.6. The van der Waals surface area contributed by atoms with Crippen molar-refractivity contribution in [3.63, 3.8) is 0 Å². The summed E-state index contributed by atoms with van der Waals surface area (Å²) in [5.74, 6) is 1.88. The van der Waals surface area contributed by atoms with Gasteiger partial charge in [0, 0.05) is 18.3 Å². The molecule has 0 radical (unpaired) electrons. The summed E-state index contributed by atoms with van der Waals surface area (Å²) in [6, 6.07) is 0. The molecular weight excluding hydrogens is 404 g/mol. The number of hydrogen-bond donors (Lipinski definition) is 0. The molecule has 4 nitrogen and oxygen atoms in total. The zero-order valence-electron chi connectivity index (χ0n) is 20.5. The minimum Gasteiger partial charge on any atom is -0.405 e. The lowest BCUT2D eigenvalue weighted by Gasteiger charge is -2.60. The van der Waals surface area contributed by atoms with Gasteiger partial charge in [-0.05, 0) is 88.3 Å². The van der Waals surface area contributed by atoms with E-state index in [0.717, 1.165) is 58.2 Å². The largest absolute Gasteiger partial charge is 0.405 e. The van der Waals surface area contributed by atoms with Crippen LogP contribution >= 0.6 is 0 Å². The van der Waals surface area contributed by atoms with Gasteiger partial charge in [-0.3, -0.25) is 4.79 Å². The molecule has 174 valence electrons. The van der Waals surface area contributed by atoms with Crippen molar-refractivity contribution in [2.75, 3.05) is 13.2 Å². The Kier molecular flexibility index (Phi) is 5.04. The third-order valence-corrected chi connectivity index (χ3v) is 11.1. The fraction of sp³-hybridized carbons (Fsp3) is 0.885. The van der Waals surface area contributed by atoms with Crippen LogP contribution < -0.4 is 0 Å². The molecule has 0 amide bonds. The molecule has 1 heterocycles. The lowest BCUT2D eigenvalue weighted by Crippen LogP contribution is -2.60. The average Bonchev–Trinajstić information content (AvgIpc) is 3.25. The molecule has 1 spiro atoms. The monoisotopic (exact) mass is 446 g/mol. The van der Waals surface area contributed by atoms with E-state index < -0.39 is 13.9 Å². The molecule has 1 saturated heterocycles. The van der Waals surface area contributed by atoms with Gasteiger partial charge in [-0.1, -0.05) is 25.5 Å². The molecule has 1 aliphatic heterocycles. The third kappa shape index (κ3) is 3.13. The van der Waals surface area contributed by atoms with Gasteiger partial charge in [0.25, 0.3) is 0 Å². The summed E-state index contributed by atoms with van der Waals surface area (Å²) in [4.78, 5) is 13.2. The van der Waals surface area contributed by atoms with Crippen LogP contribution in [0.15, 0.2) is 11.6 Å². The van der Waals surface area contributed by atoms with Crippen molar-refractivity contribution >= 4 is 14.1 Å². The van der Waals surface area contributed by atoms with Crippen LogP contribution in [-0.2, 0) is 18.7 Å². The fourth-order valence-electron chi connectivity index (χ4n) is 8.69. The van der Waals surface area contributed by atoms with Crippen molar-refractivity contribution < 1.29 is 18.7 Å². The molecule has 31 heavy (non-hydrogen) atoms. The first kappa shape index (κ1) is 22.3. The fourth-order valence-corrected chi connectivity index (χ4v) is 10.2. The maximum absolute atomic E-state index is 13.2. The Morgan fingerprint density at radius 3 is 2.35 bits per heavy atom. The highest BCUT2D eigenvalue weighted by molar-refractivity contribution is 6.70. The quantitative estimate of drug-likeness (QED) is 0.402. The van der Waals surface area contributed by atoms with E-state index in [2.05, 4.69) is 39.6 Å². The van der Waals surface area contributed by atoms with E-state index in [1.54, 1.807) is 12.5 Å². The Hall–Kier alpha value is -0.493. The molecule has 0 aromatic heterocycles. The predicted octanol–water partition coefficient (Wildman–Crippen LogP) is 5.87. The van der Waals surface area contributed by atoms with Crippen LogP contribution in [0.1, 0.15) is 72.1 Å². The van der Waals surface area contributed by atoms with Crippen molar-refractivity contribution in [1.29, 1.82) is 0 Å². The Morgan fingerprint density at radius 2 is 1.71 bits per heavy atom. The zero-order chi connectivity index (χ0) is 22.3. The van der Waals surface area contributed by atoms with Gasteiger partial charge < -0.3 is 13.9 Å². The Bertz CT molecular complexity index is 794. The first-order chi connectivity index (χ1) is 14.4. The molecule has 5 heteroatoms. The van der Waals surface area contributed by atoms with Gasteiger partial charge in [-0.25, -0.2) is 0 Å². The lowest BCUT2D eigenvalue weighted by molar-refractivity contribution is -0.187. The number of hydrogen-bond acceptors (Lipinski definition) is 4. The Morgan fingerprint density at radius 1 is 1.03 bits per heavy atom. The van der Waals surface area contributed by atoms with Gasteiger partial charge in [0.1, 0.15) is 5.60 Å². The molecule has 5 aliphatic rings. The maximum atomic E-state index is 13.2. The van der Waals surface area contributed by atoms with Crippen LogP contribution in [0.3, 0.4) is 0 Å². The minimum absolute atomic E-state index is 0.0322. The van der Waals surface area contributed by atoms with Crippen LogP contribution in [0, 0.1) is 28.6 Å². The molecule has 0 aromatic carbocycles. The average molecular weight is 447 g/mol. The van der Waals surface area contributed by atoms with Crippen molar-refractivity contribution in [3.05, 3.63) is 11.6 Å². The van der Waals surface area contributed by atoms with Gasteiger partial charge in [0.05, 0.1) is 13.2 Å². The molecule has 4 aliphatic carbocycles. The SMILES string of the molecule is CC(=O)[C@@]1(O[Si](C)(C)C)CC[C@@H]2[C@H]3CC=C4CC5(CC[C@]4(C)[C@H]3CC[C@@]21C)OCCO5. The highest BCUT2D eigenvalue weighted by atomic mass is 28.4. The van der Waals surface area contributed by atoms with Crippen molar-refractivity contribution in [2.45, 2.75) is 103 Å². The number of carbonyl (C=O) groups is 1.